The molecule has 1 saturated carbocycles. The highest BCUT2D eigenvalue weighted by Gasteiger charge is 2.42. The molecule has 1 nitrogen and oxygen atoms in total. The summed E-state index contributed by atoms with van der Waals surface area (Å²) in [6.45, 7) is 8.54. The molecular weight excluding hydrogens is 218 g/mol. The Bertz CT molecular complexity index is 238. The van der Waals surface area contributed by atoms with Crippen LogP contribution in [-0.4, -0.2) is 12.1 Å². The minimum Gasteiger partial charge on any atom is -0.311 e. The molecule has 1 heteroatoms. The number of rotatable bonds is 3. The largest absolute Gasteiger partial charge is 0.311 e. The van der Waals surface area contributed by atoms with Crippen molar-refractivity contribution < 1.29 is 0 Å². The van der Waals surface area contributed by atoms with Crippen LogP contribution >= 0.6 is 0 Å². The van der Waals surface area contributed by atoms with Crippen molar-refractivity contribution >= 4 is 0 Å². The third kappa shape index (κ3) is 2.92. The predicted molar refractivity (Wildman–Crippen MR) is 79.8 cm³/mol. The fraction of sp³-hybridized carbons (Fsp3) is 1.00. The van der Waals surface area contributed by atoms with Crippen molar-refractivity contribution in [3.63, 3.8) is 0 Å². The molecule has 0 aromatic heterocycles. The molecule has 106 valence electrons. The molecule has 1 aliphatic heterocycles. The smallest absolute Gasteiger partial charge is 0.0232 e. The van der Waals surface area contributed by atoms with E-state index >= 15 is 0 Å². The molecule has 0 spiro atoms. The number of nitrogens with one attached hydrogen (secondary N) is 1. The highest BCUT2D eigenvalue weighted by Crippen LogP contribution is 2.43. The fourth-order valence-electron chi connectivity index (χ4n) is 4.57. The maximum absolute atomic E-state index is 4.01. The van der Waals surface area contributed by atoms with E-state index in [0.717, 1.165) is 17.8 Å². The molecule has 1 saturated heterocycles. The Morgan fingerprint density at radius 2 is 1.94 bits per heavy atom. The summed E-state index contributed by atoms with van der Waals surface area (Å²) in [4.78, 5) is 0. The van der Waals surface area contributed by atoms with Crippen LogP contribution in [0.25, 0.3) is 0 Å². The summed E-state index contributed by atoms with van der Waals surface area (Å²) < 4.78 is 0. The van der Waals surface area contributed by atoms with Crippen molar-refractivity contribution in [2.75, 3.05) is 6.54 Å². The lowest BCUT2D eigenvalue weighted by molar-refractivity contribution is 0.0817. The van der Waals surface area contributed by atoms with Crippen LogP contribution in [0.4, 0.5) is 0 Å². The van der Waals surface area contributed by atoms with Gasteiger partial charge in [-0.15, -0.1) is 0 Å². The molecule has 3 unspecified atom stereocenters. The van der Waals surface area contributed by atoms with E-state index in [9.17, 15) is 0 Å². The summed E-state index contributed by atoms with van der Waals surface area (Å²) in [5.41, 5.74) is 0.463. The molecule has 18 heavy (non-hydrogen) atoms. The van der Waals surface area contributed by atoms with Gasteiger partial charge >= 0.3 is 0 Å². The highest BCUT2D eigenvalue weighted by molar-refractivity contribution is 4.99. The average molecular weight is 251 g/mol. The van der Waals surface area contributed by atoms with Gasteiger partial charge in [-0.05, 0) is 50.0 Å². The molecule has 2 rings (SSSR count). The molecular formula is C17H33N. The molecule has 0 amide bonds. The second-order valence-corrected chi connectivity index (χ2v) is 7.07. The highest BCUT2D eigenvalue weighted by atomic mass is 15.0. The molecule has 2 fully saturated rings. The van der Waals surface area contributed by atoms with Crippen LogP contribution in [0.1, 0.15) is 78.6 Å². The first-order chi connectivity index (χ1) is 8.69. The van der Waals surface area contributed by atoms with Crippen molar-refractivity contribution in [3.05, 3.63) is 0 Å². The van der Waals surface area contributed by atoms with Gasteiger partial charge < -0.3 is 5.32 Å². The zero-order valence-electron chi connectivity index (χ0n) is 12.8. The van der Waals surface area contributed by atoms with E-state index in [4.69, 9.17) is 0 Å². The fourth-order valence-corrected chi connectivity index (χ4v) is 4.57. The monoisotopic (exact) mass is 251 g/mol. The molecule has 1 N–H and O–H groups in total. The quantitative estimate of drug-likeness (QED) is 0.762. The SMILES string of the molecule is CCC1CCCC(C2(C(C)C)CCCCCN2)C1. The van der Waals surface area contributed by atoms with Crippen LogP contribution < -0.4 is 5.32 Å². The van der Waals surface area contributed by atoms with Gasteiger partial charge in [0.25, 0.3) is 0 Å². The summed E-state index contributed by atoms with van der Waals surface area (Å²) >= 11 is 0. The molecule has 0 aromatic rings. The predicted octanol–water partition coefficient (Wildman–Crippen LogP) is 4.76. The molecule has 0 aromatic carbocycles. The first kappa shape index (κ1) is 14.4. The average Bonchev–Trinajstić information content (AvgIpc) is 2.65. The van der Waals surface area contributed by atoms with Gasteiger partial charge in [-0.25, -0.2) is 0 Å². The molecule has 2 aliphatic rings. The van der Waals surface area contributed by atoms with Gasteiger partial charge in [-0.1, -0.05) is 52.9 Å². The van der Waals surface area contributed by atoms with E-state index in [1.54, 1.807) is 0 Å². The van der Waals surface area contributed by atoms with Crippen molar-refractivity contribution in [2.45, 2.75) is 84.1 Å². The van der Waals surface area contributed by atoms with Crippen molar-refractivity contribution in [3.8, 4) is 0 Å². The lowest BCUT2D eigenvalue weighted by Crippen LogP contribution is -2.55. The van der Waals surface area contributed by atoms with Gasteiger partial charge in [0.1, 0.15) is 0 Å². The van der Waals surface area contributed by atoms with Gasteiger partial charge in [-0.3, -0.25) is 0 Å². The standard InChI is InChI=1S/C17H33N/c1-4-15-9-8-10-16(13-15)17(14(2)3)11-6-5-7-12-18-17/h14-16,18H,4-13H2,1-3H3. The van der Waals surface area contributed by atoms with E-state index in [-0.39, 0.29) is 0 Å². The van der Waals surface area contributed by atoms with E-state index in [1.165, 1.54) is 64.3 Å². The molecule has 0 bridgehead atoms. The van der Waals surface area contributed by atoms with Crippen molar-refractivity contribution in [1.29, 1.82) is 0 Å². The molecule has 1 aliphatic carbocycles. The Kier molecular flexibility index (Phi) is 5.12. The zero-order chi connectivity index (χ0) is 13.0. The summed E-state index contributed by atoms with van der Waals surface area (Å²) in [6, 6.07) is 0. The Hall–Kier alpha value is -0.0400. The summed E-state index contributed by atoms with van der Waals surface area (Å²) in [6.07, 6.45) is 13.0. The zero-order valence-corrected chi connectivity index (χ0v) is 12.8. The second-order valence-electron chi connectivity index (χ2n) is 7.07. The Labute approximate surface area is 114 Å². The van der Waals surface area contributed by atoms with Gasteiger partial charge in [0, 0.05) is 5.54 Å². The topological polar surface area (TPSA) is 12.0 Å². The molecule has 1 heterocycles. The lowest BCUT2D eigenvalue weighted by atomic mass is 9.64. The number of hydrogen-bond acceptors (Lipinski definition) is 1. The molecule has 3 atom stereocenters. The molecule has 0 radical (unpaired) electrons. The van der Waals surface area contributed by atoms with E-state index in [0.29, 0.717) is 5.54 Å². The lowest BCUT2D eigenvalue weighted by Gasteiger charge is -2.48. The minimum atomic E-state index is 0.463. The van der Waals surface area contributed by atoms with Gasteiger partial charge in [0.2, 0.25) is 0 Å². The maximum atomic E-state index is 4.01. The normalized spacial score (nSPS) is 38.7. The Morgan fingerprint density at radius 1 is 1.11 bits per heavy atom. The van der Waals surface area contributed by atoms with Crippen LogP contribution in [0.15, 0.2) is 0 Å². The van der Waals surface area contributed by atoms with E-state index in [1.807, 2.05) is 0 Å². The summed E-state index contributed by atoms with van der Waals surface area (Å²) in [5.74, 6) is 2.73. The number of hydrogen-bond donors (Lipinski definition) is 1. The first-order valence-corrected chi connectivity index (χ1v) is 8.44. The summed E-state index contributed by atoms with van der Waals surface area (Å²) in [7, 11) is 0. The van der Waals surface area contributed by atoms with Crippen LogP contribution in [0.5, 0.6) is 0 Å². The van der Waals surface area contributed by atoms with Crippen LogP contribution in [0, 0.1) is 17.8 Å². The Morgan fingerprint density at radius 3 is 2.67 bits per heavy atom. The van der Waals surface area contributed by atoms with E-state index in [2.05, 4.69) is 26.1 Å². The van der Waals surface area contributed by atoms with Crippen LogP contribution in [0.3, 0.4) is 0 Å². The van der Waals surface area contributed by atoms with Gasteiger partial charge in [-0.2, -0.15) is 0 Å². The second kappa shape index (κ2) is 6.41. The van der Waals surface area contributed by atoms with Crippen molar-refractivity contribution in [1.82, 2.24) is 5.32 Å². The minimum absolute atomic E-state index is 0.463. The Balaban J connectivity index is 2.12. The third-order valence-electron chi connectivity index (χ3n) is 5.84. The maximum Gasteiger partial charge on any atom is 0.0232 e. The van der Waals surface area contributed by atoms with E-state index < -0.39 is 0 Å². The van der Waals surface area contributed by atoms with Gasteiger partial charge in [0.15, 0.2) is 0 Å². The third-order valence-corrected chi connectivity index (χ3v) is 5.84. The van der Waals surface area contributed by atoms with Crippen molar-refractivity contribution in [2.24, 2.45) is 17.8 Å². The summed E-state index contributed by atoms with van der Waals surface area (Å²) in [5, 5.41) is 4.01. The first-order valence-electron chi connectivity index (χ1n) is 8.44. The van der Waals surface area contributed by atoms with Crippen LogP contribution in [-0.2, 0) is 0 Å². The van der Waals surface area contributed by atoms with Crippen LogP contribution in [0.2, 0.25) is 0 Å². The van der Waals surface area contributed by atoms with Gasteiger partial charge in [0.05, 0.1) is 0 Å².